The quantitative estimate of drug-likeness (QED) is 0.731. The molecule has 0 amide bonds. The highest BCUT2D eigenvalue weighted by atomic mass is 16.4. The zero-order valence-electron chi connectivity index (χ0n) is 9.49. The first kappa shape index (κ1) is 11.8. The second kappa shape index (κ2) is 5.59. The van der Waals surface area contributed by atoms with Gasteiger partial charge in [0.25, 0.3) is 0 Å². The van der Waals surface area contributed by atoms with E-state index in [4.69, 9.17) is 5.11 Å². The predicted octanol–water partition coefficient (Wildman–Crippen LogP) is 3.08. The zero-order chi connectivity index (χ0) is 11.3. The first-order valence-corrected chi connectivity index (χ1v) is 5.55. The van der Waals surface area contributed by atoms with Gasteiger partial charge in [0.15, 0.2) is 0 Å². The van der Waals surface area contributed by atoms with Crippen molar-refractivity contribution in [2.45, 2.75) is 46.1 Å². The minimum atomic E-state index is -0.826. The van der Waals surface area contributed by atoms with Crippen LogP contribution in [-0.4, -0.2) is 15.6 Å². The molecule has 0 aliphatic heterocycles. The van der Waals surface area contributed by atoms with Crippen molar-refractivity contribution in [3.8, 4) is 0 Å². The molecule has 0 unspecified atom stereocenters. The van der Waals surface area contributed by atoms with Gasteiger partial charge in [0.05, 0.1) is 0 Å². The summed E-state index contributed by atoms with van der Waals surface area (Å²) >= 11 is 0. The molecule has 15 heavy (non-hydrogen) atoms. The standard InChI is InChI=1S/C12H19NO2/c1-3-4-5-6-8-13-9-7-10(2)11(13)12(14)15/h7,9H,3-6,8H2,1-2H3,(H,14,15). The molecule has 1 aromatic heterocycles. The van der Waals surface area contributed by atoms with Crippen LogP contribution in [0.4, 0.5) is 0 Å². The van der Waals surface area contributed by atoms with Gasteiger partial charge in [0, 0.05) is 12.7 Å². The van der Waals surface area contributed by atoms with Crippen LogP contribution in [0.5, 0.6) is 0 Å². The lowest BCUT2D eigenvalue weighted by Crippen LogP contribution is -2.09. The lowest BCUT2D eigenvalue weighted by atomic mass is 10.2. The van der Waals surface area contributed by atoms with E-state index in [9.17, 15) is 4.79 Å². The smallest absolute Gasteiger partial charge is 0.352 e. The summed E-state index contributed by atoms with van der Waals surface area (Å²) < 4.78 is 1.84. The normalized spacial score (nSPS) is 10.5. The molecule has 0 atom stereocenters. The highest BCUT2D eigenvalue weighted by molar-refractivity contribution is 5.87. The summed E-state index contributed by atoms with van der Waals surface area (Å²) in [5, 5.41) is 9.02. The number of carbonyl (C=O) groups is 1. The molecule has 0 fully saturated rings. The van der Waals surface area contributed by atoms with E-state index in [1.165, 1.54) is 19.3 Å². The van der Waals surface area contributed by atoms with E-state index < -0.39 is 5.97 Å². The van der Waals surface area contributed by atoms with Gasteiger partial charge in [-0.25, -0.2) is 4.79 Å². The summed E-state index contributed by atoms with van der Waals surface area (Å²) in [7, 11) is 0. The van der Waals surface area contributed by atoms with Gasteiger partial charge in [-0.1, -0.05) is 26.2 Å². The largest absolute Gasteiger partial charge is 0.477 e. The lowest BCUT2D eigenvalue weighted by Gasteiger charge is -2.06. The van der Waals surface area contributed by atoms with Crippen molar-refractivity contribution in [3.05, 3.63) is 23.5 Å². The van der Waals surface area contributed by atoms with E-state index in [0.717, 1.165) is 18.5 Å². The topological polar surface area (TPSA) is 42.2 Å². The fourth-order valence-corrected chi connectivity index (χ4v) is 1.77. The number of hydrogen-bond donors (Lipinski definition) is 1. The number of aryl methyl sites for hydroxylation is 2. The van der Waals surface area contributed by atoms with E-state index >= 15 is 0 Å². The molecule has 0 saturated heterocycles. The lowest BCUT2D eigenvalue weighted by molar-refractivity contribution is 0.0684. The van der Waals surface area contributed by atoms with Gasteiger partial charge in [-0.2, -0.15) is 0 Å². The van der Waals surface area contributed by atoms with Crippen LogP contribution in [0.2, 0.25) is 0 Å². The van der Waals surface area contributed by atoms with Crippen molar-refractivity contribution < 1.29 is 9.90 Å². The fraction of sp³-hybridized carbons (Fsp3) is 0.583. The molecule has 84 valence electrons. The molecule has 0 bridgehead atoms. The Hall–Kier alpha value is -1.25. The van der Waals surface area contributed by atoms with Gasteiger partial charge in [-0.05, 0) is 25.0 Å². The van der Waals surface area contributed by atoms with Crippen molar-refractivity contribution in [2.24, 2.45) is 0 Å². The van der Waals surface area contributed by atoms with Gasteiger partial charge >= 0.3 is 5.97 Å². The molecule has 0 radical (unpaired) electrons. The Morgan fingerprint density at radius 1 is 1.40 bits per heavy atom. The van der Waals surface area contributed by atoms with E-state index in [1.54, 1.807) is 0 Å². The van der Waals surface area contributed by atoms with Crippen LogP contribution in [-0.2, 0) is 6.54 Å². The van der Waals surface area contributed by atoms with Crippen LogP contribution in [0.3, 0.4) is 0 Å². The zero-order valence-corrected chi connectivity index (χ0v) is 9.49. The maximum Gasteiger partial charge on any atom is 0.352 e. The van der Waals surface area contributed by atoms with Crippen LogP contribution < -0.4 is 0 Å². The number of unbranched alkanes of at least 4 members (excludes halogenated alkanes) is 3. The third-order valence-electron chi connectivity index (χ3n) is 2.62. The summed E-state index contributed by atoms with van der Waals surface area (Å²) in [4.78, 5) is 11.0. The van der Waals surface area contributed by atoms with Gasteiger partial charge < -0.3 is 9.67 Å². The van der Waals surface area contributed by atoms with E-state index in [2.05, 4.69) is 6.92 Å². The Morgan fingerprint density at radius 3 is 2.73 bits per heavy atom. The van der Waals surface area contributed by atoms with Gasteiger partial charge in [0.2, 0.25) is 0 Å². The summed E-state index contributed by atoms with van der Waals surface area (Å²) in [6.07, 6.45) is 6.53. The maximum atomic E-state index is 11.0. The molecule has 1 N–H and O–H groups in total. The van der Waals surface area contributed by atoms with Crippen molar-refractivity contribution in [1.82, 2.24) is 4.57 Å². The Balaban J connectivity index is 2.57. The molecule has 3 heteroatoms. The Morgan fingerprint density at radius 2 is 2.13 bits per heavy atom. The summed E-state index contributed by atoms with van der Waals surface area (Å²) in [5.41, 5.74) is 1.28. The SMILES string of the molecule is CCCCCCn1ccc(C)c1C(=O)O. The number of nitrogens with zero attached hydrogens (tertiary/aromatic N) is 1. The first-order chi connectivity index (χ1) is 7.16. The molecule has 0 aromatic carbocycles. The number of carboxylic acids is 1. The summed E-state index contributed by atoms with van der Waals surface area (Å²) in [6.45, 7) is 4.82. The van der Waals surface area contributed by atoms with E-state index in [-0.39, 0.29) is 0 Å². The van der Waals surface area contributed by atoms with Crippen molar-refractivity contribution >= 4 is 5.97 Å². The van der Waals surface area contributed by atoms with Gasteiger partial charge in [-0.3, -0.25) is 0 Å². The Labute approximate surface area is 90.7 Å². The third kappa shape index (κ3) is 3.11. The number of hydrogen-bond acceptors (Lipinski definition) is 1. The number of aromatic nitrogens is 1. The molecule has 0 spiro atoms. The molecule has 0 saturated carbocycles. The second-order valence-electron chi connectivity index (χ2n) is 3.91. The highest BCUT2D eigenvalue weighted by Gasteiger charge is 2.12. The molecular weight excluding hydrogens is 190 g/mol. The van der Waals surface area contributed by atoms with Crippen molar-refractivity contribution in [2.75, 3.05) is 0 Å². The van der Waals surface area contributed by atoms with Crippen molar-refractivity contribution in [3.63, 3.8) is 0 Å². The second-order valence-corrected chi connectivity index (χ2v) is 3.91. The monoisotopic (exact) mass is 209 g/mol. The molecule has 1 aromatic rings. The molecule has 0 aliphatic carbocycles. The first-order valence-electron chi connectivity index (χ1n) is 5.55. The third-order valence-corrected chi connectivity index (χ3v) is 2.62. The Kier molecular flexibility index (Phi) is 4.40. The maximum absolute atomic E-state index is 11.0. The molecular formula is C12H19NO2. The average Bonchev–Trinajstić information content (AvgIpc) is 2.54. The van der Waals surface area contributed by atoms with E-state index in [1.807, 2.05) is 23.8 Å². The van der Waals surface area contributed by atoms with Crippen LogP contribution >= 0.6 is 0 Å². The highest BCUT2D eigenvalue weighted by Crippen LogP contribution is 2.12. The number of carboxylic acid groups (broad SMARTS) is 1. The minimum absolute atomic E-state index is 0.437. The summed E-state index contributed by atoms with van der Waals surface area (Å²) in [6, 6.07) is 1.86. The summed E-state index contributed by atoms with van der Waals surface area (Å²) in [5.74, 6) is -0.826. The van der Waals surface area contributed by atoms with Crippen LogP contribution in [0.25, 0.3) is 0 Å². The van der Waals surface area contributed by atoms with E-state index in [0.29, 0.717) is 5.69 Å². The Bertz CT molecular complexity index is 328. The average molecular weight is 209 g/mol. The molecule has 0 aliphatic rings. The van der Waals surface area contributed by atoms with Crippen molar-refractivity contribution in [1.29, 1.82) is 0 Å². The van der Waals surface area contributed by atoms with Crippen LogP contribution in [0, 0.1) is 6.92 Å². The van der Waals surface area contributed by atoms with Crippen LogP contribution in [0.1, 0.15) is 48.7 Å². The van der Waals surface area contributed by atoms with Gasteiger partial charge in [0.1, 0.15) is 5.69 Å². The fourth-order valence-electron chi connectivity index (χ4n) is 1.77. The minimum Gasteiger partial charge on any atom is -0.477 e. The van der Waals surface area contributed by atoms with Gasteiger partial charge in [-0.15, -0.1) is 0 Å². The molecule has 3 nitrogen and oxygen atoms in total. The van der Waals surface area contributed by atoms with Crippen LogP contribution in [0.15, 0.2) is 12.3 Å². The molecule has 1 heterocycles. The number of aromatic carboxylic acids is 1. The number of rotatable bonds is 6. The molecule has 1 rings (SSSR count). The predicted molar refractivity (Wildman–Crippen MR) is 60.3 cm³/mol.